The zero-order chi connectivity index (χ0) is 11.0. The van der Waals surface area contributed by atoms with E-state index >= 15 is 0 Å². The highest BCUT2D eigenvalue weighted by atomic mass is 16.4. The average molecular weight is 216 g/mol. The largest absolute Gasteiger partial charge is 0.504 e. The van der Waals surface area contributed by atoms with Crippen LogP contribution >= 0.6 is 0 Å². The van der Waals surface area contributed by atoms with Gasteiger partial charge in [0, 0.05) is 6.07 Å². The van der Waals surface area contributed by atoms with Crippen LogP contribution in [0.5, 0.6) is 5.75 Å². The zero-order valence-electron chi connectivity index (χ0n) is 8.21. The summed E-state index contributed by atoms with van der Waals surface area (Å²) in [4.78, 5) is 0. The predicted octanol–water partition coefficient (Wildman–Crippen LogP) is 3.51. The van der Waals surface area contributed by atoms with Crippen molar-refractivity contribution in [1.82, 2.24) is 0 Å². The summed E-state index contributed by atoms with van der Waals surface area (Å²) in [6.07, 6.45) is 4.50. The van der Waals surface area contributed by atoms with Gasteiger partial charge in [0.2, 0.25) is 5.76 Å². The fourth-order valence-corrected chi connectivity index (χ4v) is 1.58. The second-order valence-corrected chi connectivity index (χ2v) is 3.28. The lowest BCUT2D eigenvalue weighted by atomic mass is 10.1. The quantitative estimate of drug-likeness (QED) is 0.712. The van der Waals surface area contributed by atoms with Gasteiger partial charge < -0.3 is 18.4 Å². The van der Waals surface area contributed by atoms with E-state index in [1.807, 2.05) is 6.07 Å². The maximum Gasteiger partial charge on any atom is 0.211 e. The van der Waals surface area contributed by atoms with Crippen molar-refractivity contribution in [2.75, 3.05) is 0 Å². The highest BCUT2D eigenvalue weighted by Gasteiger charge is 2.18. The SMILES string of the molecule is Oc1ccoc1-c1occc1-c1ccco1. The van der Waals surface area contributed by atoms with Gasteiger partial charge in [-0.25, -0.2) is 0 Å². The molecule has 16 heavy (non-hydrogen) atoms. The summed E-state index contributed by atoms with van der Waals surface area (Å²) in [6.45, 7) is 0. The Hall–Kier alpha value is -2.36. The molecule has 0 spiro atoms. The maximum atomic E-state index is 9.56. The van der Waals surface area contributed by atoms with Crippen molar-refractivity contribution in [1.29, 1.82) is 0 Å². The third-order valence-corrected chi connectivity index (χ3v) is 2.30. The standard InChI is InChI=1S/C12H8O4/c13-9-4-7-16-12(9)11-8(3-6-15-11)10-2-1-5-14-10/h1-7,13H. The van der Waals surface area contributed by atoms with Crippen LogP contribution in [0.4, 0.5) is 0 Å². The summed E-state index contributed by atoms with van der Waals surface area (Å²) in [5, 5.41) is 9.56. The number of hydrogen-bond donors (Lipinski definition) is 1. The average Bonchev–Trinajstić information content (AvgIpc) is 2.95. The molecule has 3 rings (SSSR count). The van der Waals surface area contributed by atoms with Gasteiger partial charge in [0.15, 0.2) is 11.5 Å². The van der Waals surface area contributed by atoms with Gasteiger partial charge in [-0.2, -0.15) is 0 Å². The molecular weight excluding hydrogens is 208 g/mol. The smallest absolute Gasteiger partial charge is 0.211 e. The second kappa shape index (κ2) is 3.34. The third-order valence-electron chi connectivity index (χ3n) is 2.30. The van der Waals surface area contributed by atoms with Crippen LogP contribution in [0, 0.1) is 0 Å². The van der Waals surface area contributed by atoms with Crippen molar-refractivity contribution in [2.24, 2.45) is 0 Å². The molecule has 0 amide bonds. The van der Waals surface area contributed by atoms with E-state index in [0.29, 0.717) is 17.3 Å². The molecule has 0 aliphatic heterocycles. The van der Waals surface area contributed by atoms with Crippen molar-refractivity contribution < 1.29 is 18.4 Å². The Morgan fingerprint density at radius 1 is 0.812 bits per heavy atom. The lowest BCUT2D eigenvalue weighted by Gasteiger charge is -1.96. The minimum absolute atomic E-state index is 0.0442. The van der Waals surface area contributed by atoms with Crippen LogP contribution in [-0.4, -0.2) is 5.11 Å². The molecule has 0 aliphatic carbocycles. The number of aromatic hydroxyl groups is 1. The first kappa shape index (κ1) is 8.91. The fourth-order valence-electron chi connectivity index (χ4n) is 1.58. The Labute approximate surface area is 90.7 Å². The molecule has 0 aliphatic rings. The normalized spacial score (nSPS) is 10.8. The molecule has 0 saturated carbocycles. The maximum absolute atomic E-state index is 9.56. The highest BCUT2D eigenvalue weighted by Crippen LogP contribution is 2.38. The summed E-state index contributed by atoms with van der Waals surface area (Å²) in [5.74, 6) is 1.47. The van der Waals surface area contributed by atoms with Crippen LogP contribution in [0.15, 0.2) is 56.3 Å². The van der Waals surface area contributed by atoms with E-state index in [4.69, 9.17) is 13.3 Å². The minimum atomic E-state index is 0.0442. The molecule has 1 N–H and O–H groups in total. The molecule has 4 nitrogen and oxygen atoms in total. The van der Waals surface area contributed by atoms with Crippen LogP contribution in [0.2, 0.25) is 0 Å². The van der Waals surface area contributed by atoms with Crippen LogP contribution < -0.4 is 0 Å². The lowest BCUT2D eigenvalue weighted by Crippen LogP contribution is -1.75. The van der Waals surface area contributed by atoms with E-state index in [9.17, 15) is 5.11 Å². The summed E-state index contributed by atoms with van der Waals surface area (Å²) >= 11 is 0. The van der Waals surface area contributed by atoms with Gasteiger partial charge in [-0.15, -0.1) is 0 Å². The molecule has 3 aromatic rings. The molecule has 0 fully saturated rings. The van der Waals surface area contributed by atoms with E-state index in [1.165, 1.54) is 18.6 Å². The molecular formula is C12H8O4. The van der Waals surface area contributed by atoms with E-state index in [0.717, 1.165) is 5.56 Å². The van der Waals surface area contributed by atoms with Gasteiger partial charge in [-0.3, -0.25) is 0 Å². The minimum Gasteiger partial charge on any atom is -0.504 e. The molecule has 80 valence electrons. The molecule has 0 unspecified atom stereocenters. The summed E-state index contributed by atoms with van der Waals surface area (Å²) in [5.41, 5.74) is 0.746. The summed E-state index contributed by atoms with van der Waals surface area (Å²) in [7, 11) is 0. The van der Waals surface area contributed by atoms with Crippen molar-refractivity contribution in [3.05, 3.63) is 43.1 Å². The van der Waals surface area contributed by atoms with Crippen molar-refractivity contribution in [2.45, 2.75) is 0 Å². The number of rotatable bonds is 2. The van der Waals surface area contributed by atoms with Gasteiger partial charge in [-0.05, 0) is 18.2 Å². The van der Waals surface area contributed by atoms with Crippen LogP contribution in [-0.2, 0) is 0 Å². The molecule has 0 radical (unpaired) electrons. The molecule has 3 heterocycles. The molecule has 3 aromatic heterocycles. The first-order valence-electron chi connectivity index (χ1n) is 4.74. The molecule has 0 atom stereocenters. The van der Waals surface area contributed by atoms with E-state index in [1.54, 1.807) is 18.4 Å². The van der Waals surface area contributed by atoms with Gasteiger partial charge in [0.05, 0.1) is 24.4 Å². The third kappa shape index (κ3) is 1.24. The van der Waals surface area contributed by atoms with Crippen LogP contribution in [0.1, 0.15) is 0 Å². The Bertz CT molecular complexity index is 586. The Balaban J connectivity index is 2.17. The second-order valence-electron chi connectivity index (χ2n) is 3.28. The first-order valence-corrected chi connectivity index (χ1v) is 4.74. The van der Waals surface area contributed by atoms with Crippen molar-refractivity contribution in [3.63, 3.8) is 0 Å². The van der Waals surface area contributed by atoms with Crippen molar-refractivity contribution >= 4 is 0 Å². The van der Waals surface area contributed by atoms with Gasteiger partial charge in [0.25, 0.3) is 0 Å². The van der Waals surface area contributed by atoms with E-state index < -0.39 is 0 Å². The van der Waals surface area contributed by atoms with Gasteiger partial charge >= 0.3 is 0 Å². The number of hydrogen-bond acceptors (Lipinski definition) is 4. The topological polar surface area (TPSA) is 59.7 Å². The summed E-state index contributed by atoms with van der Waals surface area (Å²) in [6, 6.07) is 6.82. The molecule has 4 heteroatoms. The zero-order valence-corrected chi connectivity index (χ0v) is 8.21. The van der Waals surface area contributed by atoms with E-state index in [2.05, 4.69) is 0 Å². The summed E-state index contributed by atoms with van der Waals surface area (Å²) < 4.78 is 15.7. The first-order chi connectivity index (χ1) is 7.86. The van der Waals surface area contributed by atoms with Gasteiger partial charge in [-0.1, -0.05) is 0 Å². The monoisotopic (exact) mass is 216 g/mol. The Morgan fingerprint density at radius 3 is 2.31 bits per heavy atom. The molecule has 0 saturated heterocycles. The Morgan fingerprint density at radius 2 is 1.62 bits per heavy atom. The lowest BCUT2D eigenvalue weighted by molar-refractivity contribution is 0.454. The van der Waals surface area contributed by atoms with E-state index in [-0.39, 0.29) is 5.75 Å². The molecule has 0 bridgehead atoms. The fraction of sp³-hybridized carbons (Fsp3) is 0. The van der Waals surface area contributed by atoms with Gasteiger partial charge in [0.1, 0.15) is 5.76 Å². The van der Waals surface area contributed by atoms with Crippen LogP contribution in [0.25, 0.3) is 22.8 Å². The Kier molecular flexibility index (Phi) is 1.86. The van der Waals surface area contributed by atoms with Crippen LogP contribution in [0.3, 0.4) is 0 Å². The highest BCUT2D eigenvalue weighted by molar-refractivity contribution is 5.76. The number of furan rings is 3. The van der Waals surface area contributed by atoms with Crippen molar-refractivity contribution in [3.8, 4) is 28.6 Å². The molecule has 0 aromatic carbocycles. The predicted molar refractivity (Wildman–Crippen MR) is 55.8 cm³/mol.